The van der Waals surface area contributed by atoms with Gasteiger partial charge < -0.3 is 5.11 Å². The minimum Gasteiger partial charge on any atom is -0.481 e. The van der Waals surface area contributed by atoms with E-state index < -0.39 is 17.7 Å². The Labute approximate surface area is 122 Å². The minimum atomic E-state index is -1.01. The molecule has 0 aliphatic rings. The fourth-order valence-electron chi connectivity index (χ4n) is 2.12. The molecule has 0 saturated carbocycles. The van der Waals surface area contributed by atoms with E-state index in [0.717, 1.165) is 5.56 Å². The van der Waals surface area contributed by atoms with E-state index in [1.165, 1.54) is 24.3 Å². The molecule has 0 aliphatic carbocycles. The largest absolute Gasteiger partial charge is 0.481 e. The topological polar surface area (TPSA) is 54.4 Å². The zero-order chi connectivity index (χ0) is 15.2. The smallest absolute Gasteiger partial charge is 0.307 e. The third-order valence-corrected chi connectivity index (χ3v) is 3.27. The summed E-state index contributed by atoms with van der Waals surface area (Å²) >= 11 is 0. The van der Waals surface area contributed by atoms with Crippen LogP contribution in [-0.2, 0) is 11.2 Å². The highest BCUT2D eigenvalue weighted by atomic mass is 19.1. The second kappa shape index (κ2) is 6.79. The van der Waals surface area contributed by atoms with Crippen LogP contribution < -0.4 is 0 Å². The molecular formula is C17H15FO3. The van der Waals surface area contributed by atoms with Gasteiger partial charge in [-0.3, -0.25) is 9.59 Å². The third kappa shape index (κ3) is 4.24. The molecule has 0 heterocycles. The van der Waals surface area contributed by atoms with Crippen molar-refractivity contribution < 1.29 is 19.1 Å². The van der Waals surface area contributed by atoms with Gasteiger partial charge in [-0.2, -0.15) is 0 Å². The maximum Gasteiger partial charge on any atom is 0.307 e. The number of benzene rings is 2. The zero-order valence-corrected chi connectivity index (χ0v) is 11.3. The summed E-state index contributed by atoms with van der Waals surface area (Å²) in [5.74, 6) is -2.51. The molecule has 0 aliphatic heterocycles. The standard InChI is InChI=1S/C17H15FO3/c18-15-8-6-13(7-9-15)16(19)11-14(17(20)21)10-12-4-2-1-3-5-12/h1-9,14H,10-11H2,(H,20,21)/t14-/m1/s1. The summed E-state index contributed by atoms with van der Waals surface area (Å²) in [6.07, 6.45) is 0.193. The second-order valence-electron chi connectivity index (χ2n) is 4.86. The van der Waals surface area contributed by atoms with E-state index in [0.29, 0.717) is 12.0 Å². The van der Waals surface area contributed by atoms with Crippen LogP contribution in [0.1, 0.15) is 22.3 Å². The van der Waals surface area contributed by atoms with E-state index in [4.69, 9.17) is 0 Å². The first-order chi connectivity index (χ1) is 10.1. The van der Waals surface area contributed by atoms with Gasteiger partial charge in [-0.25, -0.2) is 4.39 Å². The van der Waals surface area contributed by atoms with E-state index in [1.807, 2.05) is 30.3 Å². The molecule has 0 unspecified atom stereocenters. The summed E-state index contributed by atoms with van der Waals surface area (Å²) < 4.78 is 12.8. The number of carboxylic acid groups (broad SMARTS) is 1. The van der Waals surface area contributed by atoms with Crippen LogP contribution >= 0.6 is 0 Å². The molecule has 0 bridgehead atoms. The summed E-state index contributed by atoms with van der Waals surface area (Å²) in [6.45, 7) is 0. The van der Waals surface area contributed by atoms with Gasteiger partial charge >= 0.3 is 5.97 Å². The average Bonchev–Trinajstić information content (AvgIpc) is 2.48. The predicted molar refractivity (Wildman–Crippen MR) is 76.6 cm³/mol. The number of rotatable bonds is 6. The van der Waals surface area contributed by atoms with Crippen molar-refractivity contribution >= 4 is 11.8 Å². The number of halogens is 1. The summed E-state index contributed by atoms with van der Waals surface area (Å²) in [5, 5.41) is 9.26. The van der Waals surface area contributed by atoms with Crippen molar-refractivity contribution in [1.29, 1.82) is 0 Å². The lowest BCUT2D eigenvalue weighted by atomic mass is 9.92. The summed E-state index contributed by atoms with van der Waals surface area (Å²) in [5.41, 5.74) is 1.20. The van der Waals surface area contributed by atoms with E-state index in [-0.39, 0.29) is 12.2 Å². The number of aliphatic carboxylic acids is 1. The van der Waals surface area contributed by atoms with Crippen molar-refractivity contribution in [3.63, 3.8) is 0 Å². The van der Waals surface area contributed by atoms with Crippen molar-refractivity contribution in [1.82, 2.24) is 0 Å². The second-order valence-corrected chi connectivity index (χ2v) is 4.86. The van der Waals surface area contributed by atoms with Crippen LogP contribution in [0, 0.1) is 11.7 Å². The summed E-state index contributed by atoms with van der Waals surface area (Å²) in [4.78, 5) is 23.4. The number of carbonyl (C=O) groups is 2. The van der Waals surface area contributed by atoms with Crippen molar-refractivity contribution in [2.75, 3.05) is 0 Å². The molecule has 0 aromatic heterocycles. The van der Waals surface area contributed by atoms with Crippen LogP contribution in [0.15, 0.2) is 54.6 Å². The number of hydrogen-bond donors (Lipinski definition) is 1. The Balaban J connectivity index is 2.07. The monoisotopic (exact) mass is 286 g/mol. The Morgan fingerprint density at radius 2 is 1.62 bits per heavy atom. The molecule has 4 heteroatoms. The maximum absolute atomic E-state index is 12.8. The molecule has 1 N–H and O–H groups in total. The molecule has 2 rings (SSSR count). The lowest BCUT2D eigenvalue weighted by molar-refractivity contribution is -0.141. The van der Waals surface area contributed by atoms with Gasteiger partial charge in [0.1, 0.15) is 5.82 Å². The van der Waals surface area contributed by atoms with Crippen LogP contribution in [0.4, 0.5) is 4.39 Å². The van der Waals surface area contributed by atoms with Crippen molar-refractivity contribution in [2.45, 2.75) is 12.8 Å². The first kappa shape index (κ1) is 14.9. The first-order valence-electron chi connectivity index (χ1n) is 6.62. The summed E-state index contributed by atoms with van der Waals surface area (Å²) in [7, 11) is 0. The minimum absolute atomic E-state index is 0.101. The fraction of sp³-hybridized carbons (Fsp3) is 0.176. The first-order valence-corrected chi connectivity index (χ1v) is 6.62. The average molecular weight is 286 g/mol. The van der Waals surface area contributed by atoms with Crippen molar-refractivity contribution in [3.8, 4) is 0 Å². The highest BCUT2D eigenvalue weighted by molar-refractivity contribution is 5.97. The normalized spacial score (nSPS) is 11.9. The van der Waals surface area contributed by atoms with Gasteiger partial charge in [0.05, 0.1) is 5.92 Å². The number of hydrogen-bond acceptors (Lipinski definition) is 2. The lowest BCUT2D eigenvalue weighted by Gasteiger charge is -2.11. The molecular weight excluding hydrogens is 271 g/mol. The van der Waals surface area contributed by atoms with Crippen LogP contribution in [0.3, 0.4) is 0 Å². The number of carboxylic acids is 1. The van der Waals surface area contributed by atoms with Gasteiger partial charge in [0.25, 0.3) is 0 Å². The Hall–Kier alpha value is -2.49. The number of ketones is 1. The van der Waals surface area contributed by atoms with Crippen LogP contribution in [0.5, 0.6) is 0 Å². The zero-order valence-electron chi connectivity index (χ0n) is 11.3. The Morgan fingerprint density at radius 1 is 1.00 bits per heavy atom. The SMILES string of the molecule is O=C(C[C@@H](Cc1ccccc1)C(=O)O)c1ccc(F)cc1. The van der Waals surface area contributed by atoms with Crippen LogP contribution in [-0.4, -0.2) is 16.9 Å². The van der Waals surface area contributed by atoms with Gasteiger partial charge in [0.15, 0.2) is 5.78 Å². The molecule has 0 spiro atoms. The molecule has 0 radical (unpaired) electrons. The number of Topliss-reactive ketones (excluding diaryl/α,β-unsaturated/α-hetero) is 1. The van der Waals surface area contributed by atoms with Gasteiger partial charge in [-0.15, -0.1) is 0 Å². The molecule has 0 amide bonds. The van der Waals surface area contributed by atoms with E-state index in [9.17, 15) is 19.1 Å². The van der Waals surface area contributed by atoms with E-state index >= 15 is 0 Å². The van der Waals surface area contributed by atoms with Gasteiger partial charge in [-0.1, -0.05) is 30.3 Å². The molecule has 3 nitrogen and oxygen atoms in total. The highest BCUT2D eigenvalue weighted by Gasteiger charge is 2.22. The molecule has 2 aromatic rings. The Kier molecular flexibility index (Phi) is 4.82. The highest BCUT2D eigenvalue weighted by Crippen LogP contribution is 2.16. The van der Waals surface area contributed by atoms with Crippen molar-refractivity contribution in [3.05, 3.63) is 71.5 Å². The molecule has 0 fully saturated rings. The Bertz CT molecular complexity index is 620. The quantitative estimate of drug-likeness (QED) is 0.829. The van der Waals surface area contributed by atoms with Gasteiger partial charge in [0.2, 0.25) is 0 Å². The van der Waals surface area contributed by atoms with Crippen molar-refractivity contribution in [2.24, 2.45) is 5.92 Å². The van der Waals surface area contributed by atoms with E-state index in [2.05, 4.69) is 0 Å². The molecule has 21 heavy (non-hydrogen) atoms. The van der Waals surface area contributed by atoms with E-state index in [1.54, 1.807) is 0 Å². The number of carbonyl (C=O) groups excluding carboxylic acids is 1. The molecule has 2 aromatic carbocycles. The van der Waals surface area contributed by atoms with Gasteiger partial charge in [-0.05, 0) is 36.2 Å². The van der Waals surface area contributed by atoms with Crippen LogP contribution in [0.2, 0.25) is 0 Å². The summed E-state index contributed by atoms with van der Waals surface area (Å²) in [6, 6.07) is 14.3. The predicted octanol–water partition coefficient (Wildman–Crippen LogP) is 3.34. The molecule has 0 saturated heterocycles. The lowest BCUT2D eigenvalue weighted by Crippen LogP contribution is -2.20. The van der Waals surface area contributed by atoms with Gasteiger partial charge in [0, 0.05) is 12.0 Å². The molecule has 1 atom stereocenters. The maximum atomic E-state index is 12.8. The fourth-order valence-corrected chi connectivity index (χ4v) is 2.12. The van der Waals surface area contributed by atoms with Crippen LogP contribution in [0.25, 0.3) is 0 Å². The third-order valence-electron chi connectivity index (χ3n) is 3.27. The Morgan fingerprint density at radius 3 is 2.19 bits per heavy atom. The molecule has 108 valence electrons.